The van der Waals surface area contributed by atoms with Crippen LogP contribution >= 0.6 is 11.8 Å². The highest BCUT2D eigenvalue weighted by Crippen LogP contribution is 2.39. The van der Waals surface area contributed by atoms with E-state index in [1.54, 1.807) is 23.1 Å². The Balaban J connectivity index is 1.74. The molecule has 1 aliphatic carbocycles. The number of carbonyl (C=O) groups is 1. The van der Waals surface area contributed by atoms with Crippen molar-refractivity contribution in [2.75, 3.05) is 29.6 Å². The summed E-state index contributed by atoms with van der Waals surface area (Å²) in [5.74, 6) is -3.77. The molecule has 35 heavy (non-hydrogen) atoms. The summed E-state index contributed by atoms with van der Waals surface area (Å²) in [6.45, 7) is 0.151. The lowest BCUT2D eigenvalue weighted by molar-refractivity contribution is -0.275. The number of nitrogens with one attached hydrogen (secondary N) is 1. The van der Waals surface area contributed by atoms with E-state index < -0.39 is 30.4 Å². The molecule has 1 saturated carbocycles. The van der Waals surface area contributed by atoms with Gasteiger partial charge in [-0.2, -0.15) is 0 Å². The van der Waals surface area contributed by atoms with E-state index in [4.69, 9.17) is 0 Å². The van der Waals surface area contributed by atoms with Crippen molar-refractivity contribution in [3.05, 3.63) is 41.6 Å². The van der Waals surface area contributed by atoms with Crippen LogP contribution in [0.2, 0.25) is 0 Å². The van der Waals surface area contributed by atoms with Crippen LogP contribution in [-0.2, 0) is 6.42 Å². The summed E-state index contributed by atoms with van der Waals surface area (Å²) in [6, 6.07) is 8.04. The van der Waals surface area contributed by atoms with Crippen LogP contribution in [-0.4, -0.2) is 42.5 Å². The van der Waals surface area contributed by atoms with Crippen LogP contribution in [0.15, 0.2) is 35.2 Å². The monoisotopic (exact) mass is 515 g/mol. The Morgan fingerprint density at radius 2 is 2.00 bits per heavy atom. The number of anilines is 2. The molecule has 1 aliphatic heterocycles. The van der Waals surface area contributed by atoms with E-state index in [1.807, 2.05) is 12.3 Å². The van der Waals surface area contributed by atoms with Crippen LogP contribution in [0.25, 0.3) is 0 Å². The first kappa shape index (κ1) is 25.5. The van der Waals surface area contributed by atoms with Crippen molar-refractivity contribution in [2.24, 2.45) is 5.92 Å². The molecule has 0 bridgehead atoms. The minimum Gasteiger partial charge on any atom is -0.404 e. The lowest BCUT2D eigenvalue weighted by Crippen LogP contribution is -2.30. The number of amides is 1. The maximum Gasteiger partial charge on any atom is 0.573 e. The van der Waals surface area contributed by atoms with Crippen molar-refractivity contribution < 1.29 is 31.5 Å². The SMILES string of the molecule is CSc1cccc(NC(=O)c2cc(OC(F)(F)F)c(CC3CC3)nc2N2CCCC(F)(F)CC2)c1. The number of alkyl halides is 5. The van der Waals surface area contributed by atoms with Gasteiger partial charge in [-0.25, -0.2) is 13.8 Å². The molecule has 0 atom stereocenters. The van der Waals surface area contributed by atoms with Crippen LogP contribution in [0.5, 0.6) is 5.75 Å². The third-order valence-electron chi connectivity index (χ3n) is 6.04. The average Bonchev–Trinajstić information content (AvgIpc) is 3.61. The molecule has 1 saturated heterocycles. The van der Waals surface area contributed by atoms with Crippen molar-refractivity contribution in [3.8, 4) is 5.75 Å². The molecule has 1 aromatic carbocycles. The van der Waals surface area contributed by atoms with Gasteiger partial charge in [0.2, 0.25) is 5.92 Å². The standard InChI is InChI=1S/C24H26F5N3O2S/c1-35-17-5-2-4-16(13-17)30-22(33)18-14-20(34-24(27,28)29)19(12-15-6-7-15)31-21(18)32-10-3-8-23(25,26)9-11-32/h2,4-5,13-15H,3,6-12H2,1H3,(H,30,33). The summed E-state index contributed by atoms with van der Waals surface area (Å²) in [4.78, 5) is 20.2. The molecular weight excluding hydrogens is 489 g/mol. The van der Waals surface area contributed by atoms with Crippen LogP contribution in [0, 0.1) is 5.92 Å². The van der Waals surface area contributed by atoms with Gasteiger partial charge in [-0.3, -0.25) is 4.79 Å². The minimum absolute atomic E-state index is 0.0649. The van der Waals surface area contributed by atoms with Gasteiger partial charge in [-0.05, 0) is 62.1 Å². The number of rotatable bonds is 7. The van der Waals surface area contributed by atoms with Crippen LogP contribution in [0.1, 0.15) is 48.2 Å². The van der Waals surface area contributed by atoms with Gasteiger partial charge in [0.05, 0.1) is 11.3 Å². The normalized spacial score (nSPS) is 18.2. The molecule has 0 spiro atoms. The van der Waals surface area contributed by atoms with Crippen molar-refractivity contribution >= 4 is 29.2 Å². The number of ether oxygens (including phenoxy) is 1. The number of carbonyl (C=O) groups excluding carboxylic acids is 1. The molecular formula is C24H26F5N3O2S. The highest BCUT2D eigenvalue weighted by molar-refractivity contribution is 7.98. The molecule has 2 fully saturated rings. The van der Waals surface area contributed by atoms with Gasteiger partial charge in [0.25, 0.3) is 5.91 Å². The van der Waals surface area contributed by atoms with Crippen LogP contribution in [0.3, 0.4) is 0 Å². The van der Waals surface area contributed by atoms with Crippen molar-refractivity contribution in [2.45, 2.75) is 55.7 Å². The minimum atomic E-state index is -4.97. The van der Waals surface area contributed by atoms with Gasteiger partial charge in [0.1, 0.15) is 5.82 Å². The molecule has 11 heteroatoms. The number of hydrogen-bond acceptors (Lipinski definition) is 5. The second-order valence-corrected chi connectivity index (χ2v) is 9.76. The van der Waals surface area contributed by atoms with Crippen molar-refractivity contribution in [1.29, 1.82) is 0 Å². The Kier molecular flexibility index (Phi) is 7.44. The van der Waals surface area contributed by atoms with Crippen LogP contribution in [0.4, 0.5) is 33.5 Å². The Labute approximate surface area is 204 Å². The van der Waals surface area contributed by atoms with Gasteiger partial charge >= 0.3 is 6.36 Å². The molecule has 1 amide bonds. The largest absolute Gasteiger partial charge is 0.573 e. The van der Waals surface area contributed by atoms with E-state index >= 15 is 0 Å². The summed E-state index contributed by atoms with van der Waals surface area (Å²) < 4.78 is 71.8. The van der Waals surface area contributed by atoms with Gasteiger partial charge in [-0.1, -0.05) is 6.07 Å². The smallest absolute Gasteiger partial charge is 0.404 e. The van der Waals surface area contributed by atoms with Crippen LogP contribution < -0.4 is 15.0 Å². The Hall–Kier alpha value is -2.56. The quantitative estimate of drug-likeness (QED) is 0.336. The lowest BCUT2D eigenvalue weighted by Gasteiger charge is -2.26. The molecule has 0 radical (unpaired) electrons. The number of pyridine rings is 1. The summed E-state index contributed by atoms with van der Waals surface area (Å²) in [5.41, 5.74) is 0.385. The summed E-state index contributed by atoms with van der Waals surface area (Å²) in [7, 11) is 0. The first-order valence-electron chi connectivity index (χ1n) is 11.4. The van der Waals surface area contributed by atoms with Gasteiger partial charge in [0, 0.05) is 36.5 Å². The van der Waals surface area contributed by atoms with E-state index in [9.17, 15) is 26.7 Å². The summed E-state index contributed by atoms with van der Waals surface area (Å²) in [5, 5.41) is 2.70. The molecule has 5 nitrogen and oxygen atoms in total. The fraction of sp³-hybridized carbons (Fsp3) is 0.500. The molecule has 2 aliphatic rings. The first-order valence-corrected chi connectivity index (χ1v) is 12.6. The zero-order valence-electron chi connectivity index (χ0n) is 19.1. The number of halogens is 5. The molecule has 190 valence electrons. The molecule has 2 aromatic rings. The van der Waals surface area contributed by atoms with Gasteiger partial charge < -0.3 is 15.0 Å². The van der Waals surface area contributed by atoms with E-state index in [-0.39, 0.29) is 55.3 Å². The summed E-state index contributed by atoms with van der Waals surface area (Å²) >= 11 is 1.47. The Morgan fingerprint density at radius 3 is 2.69 bits per heavy atom. The summed E-state index contributed by atoms with van der Waals surface area (Å²) in [6.07, 6.45) is -1.64. The Morgan fingerprint density at radius 1 is 1.23 bits per heavy atom. The molecule has 2 heterocycles. The van der Waals surface area contributed by atoms with E-state index in [2.05, 4.69) is 15.0 Å². The second-order valence-electron chi connectivity index (χ2n) is 8.88. The first-order chi connectivity index (χ1) is 16.5. The lowest BCUT2D eigenvalue weighted by atomic mass is 10.1. The van der Waals surface area contributed by atoms with Crippen molar-refractivity contribution in [1.82, 2.24) is 4.98 Å². The third kappa shape index (κ3) is 6.99. The van der Waals surface area contributed by atoms with E-state index in [0.29, 0.717) is 5.69 Å². The predicted molar refractivity (Wildman–Crippen MR) is 125 cm³/mol. The fourth-order valence-corrected chi connectivity index (χ4v) is 4.52. The maximum absolute atomic E-state index is 14.0. The third-order valence-corrected chi connectivity index (χ3v) is 6.76. The second kappa shape index (κ2) is 10.2. The fourth-order valence-electron chi connectivity index (χ4n) is 4.06. The molecule has 4 rings (SSSR count). The predicted octanol–water partition coefficient (Wildman–Crippen LogP) is 6.53. The van der Waals surface area contributed by atoms with Gasteiger partial charge in [0.15, 0.2) is 5.75 Å². The van der Waals surface area contributed by atoms with E-state index in [1.165, 1.54) is 11.8 Å². The van der Waals surface area contributed by atoms with E-state index in [0.717, 1.165) is 23.8 Å². The number of aromatic nitrogens is 1. The topological polar surface area (TPSA) is 54.5 Å². The van der Waals surface area contributed by atoms with Crippen molar-refractivity contribution in [3.63, 3.8) is 0 Å². The van der Waals surface area contributed by atoms with Gasteiger partial charge in [-0.15, -0.1) is 24.9 Å². The number of benzene rings is 1. The number of nitrogens with zero attached hydrogens (tertiary/aromatic N) is 2. The molecule has 1 aromatic heterocycles. The zero-order valence-corrected chi connectivity index (χ0v) is 19.9. The highest BCUT2D eigenvalue weighted by Gasteiger charge is 2.37. The number of hydrogen-bond donors (Lipinski definition) is 1. The number of thioether (sulfide) groups is 1. The Bertz CT molecular complexity index is 1080. The molecule has 0 unspecified atom stereocenters. The highest BCUT2D eigenvalue weighted by atomic mass is 32.2. The zero-order chi connectivity index (χ0) is 25.2. The average molecular weight is 516 g/mol. The maximum atomic E-state index is 14.0. The molecule has 1 N–H and O–H groups in total.